The minimum atomic E-state index is -0.653. The summed E-state index contributed by atoms with van der Waals surface area (Å²) in [7, 11) is 1.31. The van der Waals surface area contributed by atoms with Gasteiger partial charge in [-0.3, -0.25) is 4.79 Å². The Balaban J connectivity index is 2.90. The van der Waals surface area contributed by atoms with Crippen LogP contribution >= 0.6 is 0 Å². The van der Waals surface area contributed by atoms with Crippen molar-refractivity contribution in [3.05, 3.63) is 35.9 Å². The van der Waals surface area contributed by atoms with Gasteiger partial charge in [-0.1, -0.05) is 37.3 Å². The second-order valence-corrected chi connectivity index (χ2v) is 3.90. The molecule has 0 aliphatic rings. The van der Waals surface area contributed by atoms with Crippen molar-refractivity contribution < 1.29 is 14.3 Å². The van der Waals surface area contributed by atoms with Crippen molar-refractivity contribution in [3.63, 3.8) is 0 Å². The molecule has 92 valence electrons. The van der Waals surface area contributed by atoms with Gasteiger partial charge in [0, 0.05) is 12.8 Å². The van der Waals surface area contributed by atoms with Crippen LogP contribution in [0.25, 0.3) is 0 Å². The van der Waals surface area contributed by atoms with Crippen molar-refractivity contribution in [1.82, 2.24) is 5.32 Å². The van der Waals surface area contributed by atoms with Gasteiger partial charge in [0.1, 0.15) is 6.04 Å². The Morgan fingerprint density at radius 2 is 1.82 bits per heavy atom. The first-order chi connectivity index (χ1) is 8.06. The fourth-order valence-electron chi connectivity index (χ4n) is 1.68. The van der Waals surface area contributed by atoms with Crippen LogP contribution in [0.3, 0.4) is 0 Å². The van der Waals surface area contributed by atoms with Crippen molar-refractivity contribution in [3.8, 4) is 0 Å². The van der Waals surface area contributed by atoms with Gasteiger partial charge in [-0.15, -0.1) is 0 Å². The van der Waals surface area contributed by atoms with E-state index in [-0.39, 0.29) is 11.8 Å². The molecular formula is C13H17NO3. The SMILES string of the molecule is COC(=O)[C@@H](NC(C)=O)[C@H](C)c1ccccc1. The first-order valence-corrected chi connectivity index (χ1v) is 5.46. The van der Waals surface area contributed by atoms with E-state index < -0.39 is 12.0 Å². The second-order valence-electron chi connectivity index (χ2n) is 3.90. The molecule has 1 aromatic rings. The molecule has 0 heterocycles. The molecule has 0 fully saturated rings. The van der Waals surface area contributed by atoms with Crippen LogP contribution in [0.1, 0.15) is 25.3 Å². The van der Waals surface area contributed by atoms with Gasteiger partial charge < -0.3 is 10.1 Å². The third-order valence-corrected chi connectivity index (χ3v) is 2.64. The largest absolute Gasteiger partial charge is 0.467 e. The number of esters is 1. The smallest absolute Gasteiger partial charge is 0.328 e. The molecule has 0 aliphatic carbocycles. The Kier molecular flexibility index (Phi) is 4.69. The first-order valence-electron chi connectivity index (χ1n) is 5.46. The summed E-state index contributed by atoms with van der Waals surface area (Å²) in [6, 6.07) is 8.88. The Hall–Kier alpha value is -1.84. The van der Waals surface area contributed by atoms with Crippen molar-refractivity contribution in [2.75, 3.05) is 7.11 Å². The van der Waals surface area contributed by atoms with E-state index in [2.05, 4.69) is 5.32 Å². The van der Waals surface area contributed by atoms with Crippen molar-refractivity contribution in [2.45, 2.75) is 25.8 Å². The lowest BCUT2D eigenvalue weighted by molar-refractivity contribution is -0.145. The average Bonchev–Trinajstić information content (AvgIpc) is 2.35. The molecule has 0 spiro atoms. The summed E-state index contributed by atoms with van der Waals surface area (Å²) in [6.07, 6.45) is 0. The Bertz CT molecular complexity index is 389. The summed E-state index contributed by atoms with van der Waals surface area (Å²) < 4.78 is 4.70. The summed E-state index contributed by atoms with van der Waals surface area (Å²) >= 11 is 0. The lowest BCUT2D eigenvalue weighted by atomic mass is 9.93. The third kappa shape index (κ3) is 3.59. The predicted octanol–water partition coefficient (Wildman–Crippen LogP) is 1.47. The standard InChI is InChI=1S/C13H17NO3/c1-9(11-7-5-4-6-8-11)12(13(16)17-3)14-10(2)15/h4-9,12H,1-3H3,(H,14,15)/t9-,12+/m1/s1. The monoisotopic (exact) mass is 235 g/mol. The Labute approximate surface area is 101 Å². The summed E-state index contributed by atoms with van der Waals surface area (Å²) in [5.41, 5.74) is 0.983. The van der Waals surface area contributed by atoms with Crippen LogP contribution in [-0.4, -0.2) is 25.0 Å². The van der Waals surface area contributed by atoms with Gasteiger partial charge in [0.2, 0.25) is 5.91 Å². The van der Waals surface area contributed by atoms with E-state index in [0.29, 0.717) is 0 Å². The highest BCUT2D eigenvalue weighted by molar-refractivity contribution is 5.84. The topological polar surface area (TPSA) is 55.4 Å². The number of nitrogens with one attached hydrogen (secondary N) is 1. The minimum absolute atomic E-state index is 0.132. The number of hydrogen-bond acceptors (Lipinski definition) is 3. The zero-order chi connectivity index (χ0) is 12.8. The highest BCUT2D eigenvalue weighted by Gasteiger charge is 2.27. The molecule has 0 unspecified atom stereocenters. The molecule has 0 radical (unpaired) electrons. The molecule has 0 aromatic heterocycles. The number of amides is 1. The summed E-state index contributed by atoms with van der Waals surface area (Å²) in [6.45, 7) is 3.26. The molecule has 1 rings (SSSR count). The molecule has 0 saturated carbocycles. The van der Waals surface area contributed by atoms with E-state index in [9.17, 15) is 9.59 Å². The number of rotatable bonds is 4. The quantitative estimate of drug-likeness (QED) is 0.804. The average molecular weight is 235 g/mol. The van der Waals surface area contributed by atoms with E-state index in [1.807, 2.05) is 37.3 Å². The fraction of sp³-hybridized carbons (Fsp3) is 0.385. The normalized spacial score (nSPS) is 13.6. The van der Waals surface area contributed by atoms with Gasteiger partial charge in [0.25, 0.3) is 0 Å². The molecule has 17 heavy (non-hydrogen) atoms. The molecule has 0 aliphatic heterocycles. The van der Waals surface area contributed by atoms with E-state index in [1.165, 1.54) is 14.0 Å². The zero-order valence-electron chi connectivity index (χ0n) is 10.3. The van der Waals surface area contributed by atoms with Crippen LogP contribution in [0.4, 0.5) is 0 Å². The van der Waals surface area contributed by atoms with E-state index >= 15 is 0 Å². The zero-order valence-corrected chi connectivity index (χ0v) is 10.3. The van der Waals surface area contributed by atoms with Crippen LogP contribution in [0, 0.1) is 0 Å². The van der Waals surface area contributed by atoms with Crippen LogP contribution in [0.2, 0.25) is 0 Å². The van der Waals surface area contributed by atoms with Crippen LogP contribution in [0.5, 0.6) is 0 Å². The molecule has 0 saturated heterocycles. The number of carbonyl (C=O) groups excluding carboxylic acids is 2. The second kappa shape index (κ2) is 6.03. The maximum Gasteiger partial charge on any atom is 0.328 e. The molecule has 1 amide bonds. The van der Waals surface area contributed by atoms with Gasteiger partial charge in [-0.2, -0.15) is 0 Å². The van der Waals surface area contributed by atoms with Crippen LogP contribution in [0.15, 0.2) is 30.3 Å². The highest BCUT2D eigenvalue weighted by Crippen LogP contribution is 2.19. The van der Waals surface area contributed by atoms with Crippen molar-refractivity contribution >= 4 is 11.9 Å². The number of methoxy groups -OCH3 is 1. The molecule has 1 aromatic carbocycles. The maximum absolute atomic E-state index is 11.6. The Morgan fingerprint density at radius 1 is 1.24 bits per heavy atom. The highest BCUT2D eigenvalue weighted by atomic mass is 16.5. The van der Waals surface area contributed by atoms with E-state index in [0.717, 1.165) is 5.56 Å². The number of benzene rings is 1. The molecule has 4 nitrogen and oxygen atoms in total. The Morgan fingerprint density at radius 3 is 2.29 bits per heavy atom. The molecule has 0 bridgehead atoms. The fourth-order valence-corrected chi connectivity index (χ4v) is 1.68. The summed E-state index contributed by atoms with van der Waals surface area (Å²) in [5, 5.41) is 2.62. The predicted molar refractivity (Wildman–Crippen MR) is 64.5 cm³/mol. The van der Waals surface area contributed by atoms with E-state index in [4.69, 9.17) is 4.74 Å². The summed E-state index contributed by atoms with van der Waals surface area (Å²) in [4.78, 5) is 22.7. The molecular weight excluding hydrogens is 218 g/mol. The van der Waals surface area contributed by atoms with Gasteiger partial charge in [0.15, 0.2) is 0 Å². The maximum atomic E-state index is 11.6. The number of hydrogen-bond donors (Lipinski definition) is 1. The van der Waals surface area contributed by atoms with Gasteiger partial charge >= 0.3 is 5.97 Å². The van der Waals surface area contributed by atoms with Gasteiger partial charge in [-0.05, 0) is 5.56 Å². The molecule has 1 N–H and O–H groups in total. The molecule has 4 heteroatoms. The lowest BCUT2D eigenvalue weighted by Gasteiger charge is -2.22. The molecule has 2 atom stereocenters. The first kappa shape index (κ1) is 13.2. The minimum Gasteiger partial charge on any atom is -0.467 e. The number of carbonyl (C=O) groups is 2. The lowest BCUT2D eigenvalue weighted by Crippen LogP contribution is -2.43. The van der Waals surface area contributed by atoms with Gasteiger partial charge in [-0.25, -0.2) is 4.79 Å². The van der Waals surface area contributed by atoms with Crippen molar-refractivity contribution in [2.24, 2.45) is 0 Å². The van der Waals surface area contributed by atoms with Gasteiger partial charge in [0.05, 0.1) is 7.11 Å². The van der Waals surface area contributed by atoms with Crippen molar-refractivity contribution in [1.29, 1.82) is 0 Å². The third-order valence-electron chi connectivity index (χ3n) is 2.64. The van der Waals surface area contributed by atoms with Crippen LogP contribution < -0.4 is 5.32 Å². The summed E-state index contributed by atoms with van der Waals surface area (Å²) in [5.74, 6) is -0.813. The van der Waals surface area contributed by atoms with Crippen LogP contribution in [-0.2, 0) is 14.3 Å². The van der Waals surface area contributed by atoms with E-state index in [1.54, 1.807) is 0 Å². The number of ether oxygens (including phenoxy) is 1.